The van der Waals surface area contributed by atoms with E-state index in [1.165, 1.54) is 0 Å². The zero-order valence-corrected chi connectivity index (χ0v) is 21.4. The second-order valence-electron chi connectivity index (χ2n) is 11.2. The molecule has 0 radical (unpaired) electrons. The summed E-state index contributed by atoms with van der Waals surface area (Å²) in [5.41, 5.74) is 9.80. The Morgan fingerprint density at radius 2 is 1.67 bits per heavy atom. The van der Waals surface area contributed by atoms with E-state index in [4.69, 9.17) is 10.5 Å². The quantitative estimate of drug-likeness (QED) is 0.496. The van der Waals surface area contributed by atoms with Gasteiger partial charge in [0.05, 0.1) is 5.56 Å². The maximum Gasteiger partial charge on any atom is 0.410 e. The average Bonchev–Trinajstić information content (AvgIpc) is 3.21. The molecule has 0 bridgehead atoms. The molecule has 1 aromatic heterocycles. The molecule has 2 aliphatic rings. The number of nitrogen functional groups attached to an aromatic ring is 1. The van der Waals surface area contributed by atoms with Gasteiger partial charge in [0, 0.05) is 65.0 Å². The highest BCUT2D eigenvalue weighted by Gasteiger charge is 2.40. The minimum atomic E-state index is -0.561. The largest absolute Gasteiger partial charge is 0.444 e. The minimum Gasteiger partial charge on any atom is -0.444 e. The number of ketones is 1. The molecule has 8 heteroatoms. The van der Waals surface area contributed by atoms with E-state index in [0.29, 0.717) is 48.6 Å². The normalized spacial score (nSPS) is 17.1. The molecule has 1 aliphatic carbocycles. The second-order valence-corrected chi connectivity index (χ2v) is 11.2. The van der Waals surface area contributed by atoms with Crippen LogP contribution in [0.5, 0.6) is 0 Å². The first kappa shape index (κ1) is 23.9. The highest BCUT2D eigenvalue weighted by atomic mass is 16.6. The lowest BCUT2D eigenvalue weighted by Gasteiger charge is -2.36. The third-order valence-electron chi connectivity index (χ3n) is 7.08. The zero-order chi connectivity index (χ0) is 26.0. The monoisotopic (exact) mass is 488 g/mol. The third kappa shape index (κ3) is 3.90. The number of amides is 2. The number of carbonyl (C=O) groups excluding carboxylic acids is 3. The van der Waals surface area contributed by atoms with E-state index in [9.17, 15) is 14.4 Å². The molecule has 0 unspecified atom stereocenters. The van der Waals surface area contributed by atoms with E-state index in [0.717, 1.165) is 22.2 Å². The van der Waals surface area contributed by atoms with Crippen LogP contribution in [-0.2, 0) is 10.2 Å². The van der Waals surface area contributed by atoms with Crippen LogP contribution in [0.2, 0.25) is 0 Å². The van der Waals surface area contributed by atoms with Crippen LogP contribution in [0.1, 0.15) is 72.2 Å². The maximum atomic E-state index is 13.5. The summed E-state index contributed by atoms with van der Waals surface area (Å²) in [5, 5.41) is 0.853. The van der Waals surface area contributed by atoms with Crippen molar-refractivity contribution < 1.29 is 19.1 Å². The van der Waals surface area contributed by atoms with Crippen molar-refractivity contribution in [2.24, 2.45) is 0 Å². The molecule has 1 aliphatic heterocycles. The van der Waals surface area contributed by atoms with Crippen LogP contribution in [0.3, 0.4) is 0 Å². The number of benzene rings is 2. The summed E-state index contributed by atoms with van der Waals surface area (Å²) < 4.78 is 5.45. The number of piperazine rings is 1. The number of aromatic nitrogens is 1. The predicted octanol–water partition coefficient (Wildman–Crippen LogP) is 4.31. The van der Waals surface area contributed by atoms with E-state index < -0.39 is 11.0 Å². The first-order valence-corrected chi connectivity index (χ1v) is 12.2. The molecule has 5 rings (SSSR count). The van der Waals surface area contributed by atoms with Gasteiger partial charge in [0.25, 0.3) is 5.91 Å². The van der Waals surface area contributed by atoms with Crippen molar-refractivity contribution in [3.63, 3.8) is 0 Å². The lowest BCUT2D eigenvalue weighted by molar-refractivity contribution is 0.0141. The van der Waals surface area contributed by atoms with Gasteiger partial charge >= 0.3 is 6.09 Å². The maximum absolute atomic E-state index is 13.5. The van der Waals surface area contributed by atoms with Crippen molar-refractivity contribution in [2.75, 3.05) is 31.9 Å². The summed E-state index contributed by atoms with van der Waals surface area (Å²) in [7, 11) is 0. The number of aromatic amines is 1. The van der Waals surface area contributed by atoms with Crippen LogP contribution in [-0.4, -0.2) is 64.3 Å². The summed E-state index contributed by atoms with van der Waals surface area (Å²) in [5.74, 6) is -0.166. The number of carbonyl (C=O) groups is 3. The highest BCUT2D eigenvalue weighted by molar-refractivity contribution is 6.20. The molecule has 2 heterocycles. The average molecular weight is 489 g/mol. The topological polar surface area (TPSA) is 109 Å². The van der Waals surface area contributed by atoms with Gasteiger partial charge in [0.15, 0.2) is 5.78 Å². The number of hydrogen-bond acceptors (Lipinski definition) is 5. The summed E-state index contributed by atoms with van der Waals surface area (Å²) in [6.07, 6.45) is -0.362. The van der Waals surface area contributed by atoms with Crippen molar-refractivity contribution in [2.45, 2.75) is 45.6 Å². The number of nitrogens with two attached hydrogens (primary N) is 1. The predicted molar refractivity (Wildman–Crippen MR) is 138 cm³/mol. The number of hydrogen-bond donors (Lipinski definition) is 2. The van der Waals surface area contributed by atoms with Gasteiger partial charge in [-0.3, -0.25) is 9.59 Å². The van der Waals surface area contributed by atoms with Crippen LogP contribution >= 0.6 is 0 Å². The smallest absolute Gasteiger partial charge is 0.410 e. The van der Waals surface area contributed by atoms with Crippen molar-refractivity contribution in [1.29, 1.82) is 0 Å². The first-order chi connectivity index (χ1) is 16.9. The molecule has 0 saturated carbocycles. The Hall–Kier alpha value is -3.81. The molecular formula is C28H32N4O4. The number of rotatable bonds is 1. The van der Waals surface area contributed by atoms with Gasteiger partial charge < -0.3 is 25.3 Å². The Kier molecular flexibility index (Phi) is 5.39. The SMILES string of the molecule is CC(C)(C)OC(=O)N1CCN(C(=O)c2ccc3c(c2)C(C)(C)c2[nH]c4cc(N)ccc4c2C3=O)CC1. The Bertz CT molecular complexity index is 1400. The Balaban J connectivity index is 1.40. The Labute approximate surface area is 210 Å². The van der Waals surface area contributed by atoms with Crippen molar-refractivity contribution in [1.82, 2.24) is 14.8 Å². The van der Waals surface area contributed by atoms with Crippen molar-refractivity contribution in [3.8, 4) is 0 Å². The number of nitrogens with zero attached hydrogens (tertiary/aromatic N) is 2. The summed E-state index contributed by atoms with van der Waals surface area (Å²) in [6, 6.07) is 10.9. The molecule has 0 spiro atoms. The number of H-pyrrole nitrogens is 1. The van der Waals surface area contributed by atoms with Crippen LogP contribution < -0.4 is 5.73 Å². The fourth-order valence-corrected chi connectivity index (χ4v) is 5.18. The molecule has 3 aromatic rings. The van der Waals surface area contributed by atoms with Gasteiger partial charge in [0.1, 0.15) is 5.60 Å². The van der Waals surface area contributed by atoms with Gasteiger partial charge in [-0.2, -0.15) is 0 Å². The van der Waals surface area contributed by atoms with Crippen LogP contribution in [0.15, 0.2) is 36.4 Å². The molecular weight excluding hydrogens is 456 g/mol. The molecule has 3 N–H and O–H groups in total. The summed E-state index contributed by atoms with van der Waals surface area (Å²) in [4.78, 5) is 46.1. The van der Waals surface area contributed by atoms with E-state index >= 15 is 0 Å². The Morgan fingerprint density at radius 3 is 2.33 bits per heavy atom. The fraction of sp³-hybridized carbons (Fsp3) is 0.393. The number of ether oxygens (including phenoxy) is 1. The minimum absolute atomic E-state index is 0.0553. The molecule has 2 amide bonds. The molecule has 0 atom stereocenters. The molecule has 36 heavy (non-hydrogen) atoms. The van der Waals surface area contributed by atoms with Crippen LogP contribution in [0, 0.1) is 0 Å². The van der Waals surface area contributed by atoms with E-state index in [1.807, 2.05) is 39.0 Å². The number of nitrogens with one attached hydrogen (secondary N) is 1. The van der Waals surface area contributed by atoms with Crippen molar-refractivity contribution in [3.05, 3.63) is 64.3 Å². The fourth-order valence-electron chi connectivity index (χ4n) is 5.18. The van der Waals surface area contributed by atoms with Gasteiger partial charge in [-0.15, -0.1) is 0 Å². The third-order valence-corrected chi connectivity index (χ3v) is 7.08. The molecule has 188 valence electrons. The second kappa shape index (κ2) is 8.11. The number of anilines is 1. The van der Waals surface area contributed by atoms with Gasteiger partial charge in [-0.25, -0.2) is 4.79 Å². The molecule has 1 saturated heterocycles. The van der Waals surface area contributed by atoms with Crippen LogP contribution in [0.25, 0.3) is 10.9 Å². The molecule has 1 fully saturated rings. The summed E-state index contributed by atoms with van der Waals surface area (Å²) >= 11 is 0. The lowest BCUT2D eigenvalue weighted by atomic mass is 9.71. The van der Waals surface area contributed by atoms with Gasteiger partial charge in [-0.1, -0.05) is 19.9 Å². The van der Waals surface area contributed by atoms with E-state index in [-0.39, 0.29) is 17.8 Å². The number of fused-ring (bicyclic) bond motifs is 4. The Morgan fingerprint density at radius 1 is 1.00 bits per heavy atom. The first-order valence-electron chi connectivity index (χ1n) is 12.2. The van der Waals surface area contributed by atoms with E-state index in [2.05, 4.69) is 18.8 Å². The van der Waals surface area contributed by atoms with Crippen molar-refractivity contribution >= 4 is 34.4 Å². The van der Waals surface area contributed by atoms with Gasteiger partial charge in [-0.05, 0) is 56.7 Å². The summed E-state index contributed by atoms with van der Waals surface area (Å²) in [6.45, 7) is 11.3. The van der Waals surface area contributed by atoms with Gasteiger partial charge in [0.2, 0.25) is 0 Å². The standard InChI is InChI=1S/C28H32N4O4/c1-27(2,3)36-26(35)32-12-10-31(11-13-32)25(34)16-6-8-18-20(14-16)28(4,5)24-22(23(18)33)19-9-7-17(29)15-21(19)30-24/h6-9,14-15,30H,10-13,29H2,1-5H3. The highest BCUT2D eigenvalue weighted by Crippen LogP contribution is 2.44. The van der Waals surface area contributed by atoms with E-state index in [1.54, 1.807) is 28.0 Å². The molecule has 8 nitrogen and oxygen atoms in total. The van der Waals surface area contributed by atoms with Crippen LogP contribution in [0.4, 0.5) is 10.5 Å². The lowest BCUT2D eigenvalue weighted by Crippen LogP contribution is -2.51. The zero-order valence-electron chi connectivity index (χ0n) is 21.4. The molecule has 2 aromatic carbocycles.